The summed E-state index contributed by atoms with van der Waals surface area (Å²) in [6.45, 7) is 2.61. The van der Waals surface area contributed by atoms with Crippen LogP contribution in [0.3, 0.4) is 0 Å². The molecule has 0 aliphatic carbocycles. The van der Waals surface area contributed by atoms with E-state index >= 15 is 0 Å². The molecule has 134 valence electrons. The van der Waals surface area contributed by atoms with Crippen LogP contribution < -0.4 is 5.32 Å². The van der Waals surface area contributed by atoms with E-state index in [1.54, 1.807) is 0 Å². The summed E-state index contributed by atoms with van der Waals surface area (Å²) >= 11 is 0. The Balaban J connectivity index is 1.67. The standard InChI is InChI=1S/C15H23N3O5S/c1-10(13-3-2-7-23-13)16-15(20)12-4-5-14(19)18(17-12)11-6-8-24(21,22)9-11/h10-11,13H,2-9H2,1H3,(H,16,20)/t10-,11+,13+/m0/s1. The van der Waals surface area contributed by atoms with Gasteiger partial charge < -0.3 is 10.1 Å². The van der Waals surface area contributed by atoms with Crippen molar-refractivity contribution in [2.24, 2.45) is 5.10 Å². The molecule has 2 amide bonds. The first kappa shape index (κ1) is 17.3. The molecule has 0 bridgehead atoms. The summed E-state index contributed by atoms with van der Waals surface area (Å²) in [6, 6.07) is -0.582. The number of carbonyl (C=O) groups excluding carboxylic acids is 2. The average Bonchev–Trinajstić information content (AvgIpc) is 3.17. The van der Waals surface area contributed by atoms with E-state index in [1.165, 1.54) is 5.01 Å². The molecule has 2 saturated heterocycles. The predicted molar refractivity (Wildman–Crippen MR) is 87.2 cm³/mol. The van der Waals surface area contributed by atoms with Crippen molar-refractivity contribution in [1.82, 2.24) is 10.3 Å². The summed E-state index contributed by atoms with van der Waals surface area (Å²) in [7, 11) is -3.12. The van der Waals surface area contributed by atoms with E-state index in [4.69, 9.17) is 4.74 Å². The third-order valence-electron chi connectivity index (χ3n) is 4.76. The second-order valence-electron chi connectivity index (χ2n) is 6.66. The van der Waals surface area contributed by atoms with Gasteiger partial charge in [-0.3, -0.25) is 9.59 Å². The van der Waals surface area contributed by atoms with Crippen LogP contribution in [0, 0.1) is 0 Å². The molecule has 3 aliphatic rings. The lowest BCUT2D eigenvalue weighted by Crippen LogP contribution is -2.47. The van der Waals surface area contributed by atoms with Gasteiger partial charge in [0.05, 0.1) is 29.7 Å². The summed E-state index contributed by atoms with van der Waals surface area (Å²) in [5.41, 5.74) is 0.281. The zero-order valence-electron chi connectivity index (χ0n) is 13.7. The Morgan fingerprint density at radius 2 is 2.17 bits per heavy atom. The number of sulfone groups is 1. The number of nitrogens with one attached hydrogen (secondary N) is 1. The molecule has 0 saturated carbocycles. The van der Waals surface area contributed by atoms with Gasteiger partial charge in [-0.25, -0.2) is 13.4 Å². The van der Waals surface area contributed by atoms with Gasteiger partial charge in [-0.05, 0) is 26.2 Å². The highest BCUT2D eigenvalue weighted by Gasteiger charge is 2.37. The zero-order chi connectivity index (χ0) is 17.3. The maximum absolute atomic E-state index is 12.4. The number of nitrogens with zero attached hydrogens (tertiary/aromatic N) is 2. The molecule has 3 rings (SSSR count). The lowest BCUT2D eigenvalue weighted by Gasteiger charge is -2.28. The molecule has 0 spiro atoms. The molecule has 0 unspecified atom stereocenters. The van der Waals surface area contributed by atoms with Gasteiger partial charge in [0, 0.05) is 19.4 Å². The fraction of sp³-hybridized carbons (Fsp3) is 0.800. The number of amides is 2. The van der Waals surface area contributed by atoms with Crippen molar-refractivity contribution in [3.8, 4) is 0 Å². The molecule has 0 aromatic heterocycles. The number of ether oxygens (including phenoxy) is 1. The number of carbonyl (C=O) groups is 2. The van der Waals surface area contributed by atoms with E-state index in [2.05, 4.69) is 10.4 Å². The van der Waals surface area contributed by atoms with Crippen LogP contribution in [-0.2, 0) is 24.2 Å². The minimum atomic E-state index is -3.12. The SMILES string of the molecule is C[C@H](NC(=O)C1=NN([C@@H]2CCS(=O)(=O)C2)C(=O)CC1)[C@H]1CCCO1. The van der Waals surface area contributed by atoms with Gasteiger partial charge in [-0.1, -0.05) is 0 Å². The summed E-state index contributed by atoms with van der Waals surface area (Å²) in [5.74, 6) is -0.546. The van der Waals surface area contributed by atoms with E-state index in [0.717, 1.165) is 12.8 Å². The molecule has 24 heavy (non-hydrogen) atoms. The number of hydrogen-bond acceptors (Lipinski definition) is 6. The Hall–Kier alpha value is -1.48. The van der Waals surface area contributed by atoms with Crippen molar-refractivity contribution < 1.29 is 22.7 Å². The quantitative estimate of drug-likeness (QED) is 0.752. The van der Waals surface area contributed by atoms with Crippen molar-refractivity contribution in [3.05, 3.63) is 0 Å². The fourth-order valence-corrected chi connectivity index (χ4v) is 5.06. The third kappa shape index (κ3) is 3.77. The minimum Gasteiger partial charge on any atom is -0.376 e. The van der Waals surface area contributed by atoms with Gasteiger partial charge in [0.15, 0.2) is 9.84 Å². The van der Waals surface area contributed by atoms with Crippen LogP contribution in [0.1, 0.15) is 39.0 Å². The molecule has 0 aromatic rings. The largest absolute Gasteiger partial charge is 0.376 e. The molecule has 0 aromatic carbocycles. The average molecular weight is 357 g/mol. The summed E-state index contributed by atoms with van der Waals surface area (Å²) in [5, 5.41) is 8.26. The van der Waals surface area contributed by atoms with Crippen molar-refractivity contribution in [1.29, 1.82) is 0 Å². The Morgan fingerprint density at radius 3 is 2.79 bits per heavy atom. The van der Waals surface area contributed by atoms with Crippen LogP contribution >= 0.6 is 0 Å². The van der Waals surface area contributed by atoms with Crippen molar-refractivity contribution in [3.63, 3.8) is 0 Å². The van der Waals surface area contributed by atoms with Crippen LogP contribution in [0.25, 0.3) is 0 Å². The monoisotopic (exact) mass is 357 g/mol. The van der Waals surface area contributed by atoms with Gasteiger partial charge in [-0.2, -0.15) is 5.10 Å². The van der Waals surface area contributed by atoms with Crippen molar-refractivity contribution >= 4 is 27.4 Å². The maximum Gasteiger partial charge on any atom is 0.267 e. The number of hydrazone groups is 1. The van der Waals surface area contributed by atoms with Gasteiger partial charge in [0.1, 0.15) is 5.71 Å². The molecule has 3 atom stereocenters. The van der Waals surface area contributed by atoms with Crippen molar-refractivity contribution in [2.45, 2.75) is 57.2 Å². The molecule has 2 fully saturated rings. The lowest BCUT2D eigenvalue weighted by molar-refractivity contribution is -0.133. The second kappa shape index (κ2) is 6.79. The van der Waals surface area contributed by atoms with Gasteiger partial charge in [-0.15, -0.1) is 0 Å². The zero-order valence-corrected chi connectivity index (χ0v) is 14.5. The first-order valence-corrected chi connectivity index (χ1v) is 10.2. The van der Waals surface area contributed by atoms with Crippen LogP contribution in [0.5, 0.6) is 0 Å². The Kier molecular flexibility index (Phi) is 4.91. The smallest absolute Gasteiger partial charge is 0.267 e. The highest BCUT2D eigenvalue weighted by atomic mass is 32.2. The number of rotatable bonds is 4. The first-order valence-electron chi connectivity index (χ1n) is 8.38. The highest BCUT2D eigenvalue weighted by molar-refractivity contribution is 7.91. The Morgan fingerprint density at radius 1 is 1.38 bits per heavy atom. The fourth-order valence-electron chi connectivity index (χ4n) is 3.37. The van der Waals surface area contributed by atoms with Gasteiger partial charge in [0.25, 0.3) is 5.91 Å². The van der Waals surface area contributed by atoms with Gasteiger partial charge >= 0.3 is 0 Å². The summed E-state index contributed by atoms with van der Waals surface area (Å²) in [4.78, 5) is 24.5. The van der Waals surface area contributed by atoms with E-state index in [0.29, 0.717) is 13.0 Å². The van der Waals surface area contributed by atoms with E-state index in [9.17, 15) is 18.0 Å². The normalized spacial score (nSPS) is 31.0. The first-order chi connectivity index (χ1) is 11.4. The molecule has 8 nitrogen and oxygen atoms in total. The molecule has 9 heteroatoms. The summed E-state index contributed by atoms with van der Waals surface area (Å²) in [6.07, 6.45) is 2.74. The van der Waals surface area contributed by atoms with Crippen LogP contribution in [-0.4, -0.2) is 67.3 Å². The van der Waals surface area contributed by atoms with E-state index in [-0.39, 0.29) is 54.0 Å². The maximum atomic E-state index is 12.4. The minimum absolute atomic E-state index is 0.0100. The van der Waals surface area contributed by atoms with E-state index < -0.39 is 15.9 Å². The van der Waals surface area contributed by atoms with Gasteiger partial charge in [0.2, 0.25) is 5.91 Å². The van der Waals surface area contributed by atoms with E-state index in [1.807, 2.05) is 6.92 Å². The van der Waals surface area contributed by atoms with Crippen LogP contribution in [0.2, 0.25) is 0 Å². The van der Waals surface area contributed by atoms with Crippen LogP contribution in [0.15, 0.2) is 5.10 Å². The Labute approximate surface area is 141 Å². The molecular formula is C15H23N3O5S. The topological polar surface area (TPSA) is 105 Å². The van der Waals surface area contributed by atoms with Crippen LogP contribution in [0.4, 0.5) is 0 Å². The summed E-state index contributed by atoms with van der Waals surface area (Å²) < 4.78 is 28.8. The molecule has 0 radical (unpaired) electrons. The predicted octanol–water partition coefficient (Wildman–Crippen LogP) is -0.164. The molecular weight excluding hydrogens is 334 g/mol. The highest BCUT2D eigenvalue weighted by Crippen LogP contribution is 2.22. The third-order valence-corrected chi connectivity index (χ3v) is 6.51. The molecule has 1 N–H and O–H groups in total. The lowest BCUT2D eigenvalue weighted by atomic mass is 10.1. The second-order valence-corrected chi connectivity index (χ2v) is 8.88. The molecule has 3 heterocycles. The Bertz CT molecular complexity index is 654. The van der Waals surface area contributed by atoms with Crippen molar-refractivity contribution in [2.75, 3.05) is 18.1 Å². The number of hydrogen-bond donors (Lipinski definition) is 1. The molecule has 3 aliphatic heterocycles.